The second-order valence-electron chi connectivity index (χ2n) is 6.34. The van der Waals surface area contributed by atoms with Crippen molar-refractivity contribution in [2.24, 2.45) is 0 Å². The van der Waals surface area contributed by atoms with Crippen molar-refractivity contribution in [2.45, 2.75) is 37.2 Å². The number of nitrogens with one attached hydrogen (secondary N) is 2. The van der Waals surface area contributed by atoms with Crippen LogP contribution in [0.5, 0.6) is 5.88 Å². The fourth-order valence-corrected chi connectivity index (χ4v) is 3.82. The number of hydrogen-bond donors (Lipinski definition) is 3. The summed E-state index contributed by atoms with van der Waals surface area (Å²) in [6.45, 7) is 4.27. The average molecular weight is 432 g/mol. The van der Waals surface area contributed by atoms with Gasteiger partial charge in [-0.05, 0) is 20.1 Å². The Bertz CT molecular complexity index is 974. The summed E-state index contributed by atoms with van der Waals surface area (Å²) in [5.74, 6) is -1.06. The standard InChI is InChI=1S/C16H19ClFN5O4S/c1-6-10(19-4-5-23(6)16(25)26)7(2)27-14-8-11(9(18)12(17)21-14)20-15(28-3)22-13(8)24/h6-7,10,19H,4-5H2,1-3H3,(H,25,26)(H,20,22,24). The molecule has 0 aliphatic carbocycles. The van der Waals surface area contributed by atoms with E-state index >= 15 is 0 Å². The SMILES string of the molecule is CSc1nc2c(F)c(Cl)nc(OC(C)C3NCCN(C(=O)O)C3C)c2c(=O)[nH]1. The van der Waals surface area contributed by atoms with Crippen molar-refractivity contribution in [2.75, 3.05) is 19.3 Å². The number of hydrogen-bond acceptors (Lipinski definition) is 7. The lowest BCUT2D eigenvalue weighted by atomic mass is 10.0. The molecule has 2 aromatic rings. The summed E-state index contributed by atoms with van der Waals surface area (Å²) in [4.78, 5) is 35.6. The molecule has 0 radical (unpaired) electrons. The van der Waals surface area contributed by atoms with Crippen LogP contribution in [0.1, 0.15) is 13.8 Å². The molecule has 1 aliphatic heterocycles. The van der Waals surface area contributed by atoms with Crippen LogP contribution in [0, 0.1) is 5.82 Å². The molecule has 3 heterocycles. The fraction of sp³-hybridized carbons (Fsp3) is 0.500. The van der Waals surface area contributed by atoms with E-state index in [-0.39, 0.29) is 34.0 Å². The zero-order valence-electron chi connectivity index (χ0n) is 15.3. The molecule has 3 atom stereocenters. The zero-order chi connectivity index (χ0) is 20.6. The number of carbonyl (C=O) groups is 1. The molecule has 1 fully saturated rings. The van der Waals surface area contributed by atoms with Gasteiger partial charge in [0.25, 0.3) is 5.56 Å². The maximum absolute atomic E-state index is 14.4. The van der Waals surface area contributed by atoms with Crippen LogP contribution < -0.4 is 15.6 Å². The lowest BCUT2D eigenvalue weighted by molar-refractivity contribution is 0.0597. The summed E-state index contributed by atoms with van der Waals surface area (Å²) >= 11 is 7.03. The molecule has 3 N–H and O–H groups in total. The molecule has 1 saturated heterocycles. The van der Waals surface area contributed by atoms with Gasteiger partial charge in [-0.1, -0.05) is 23.4 Å². The van der Waals surface area contributed by atoms with Crippen molar-refractivity contribution >= 4 is 40.4 Å². The van der Waals surface area contributed by atoms with Crippen LogP contribution in [0.2, 0.25) is 5.15 Å². The monoisotopic (exact) mass is 431 g/mol. The van der Waals surface area contributed by atoms with Crippen LogP contribution in [0.4, 0.5) is 9.18 Å². The summed E-state index contributed by atoms with van der Waals surface area (Å²) < 4.78 is 20.3. The van der Waals surface area contributed by atoms with Gasteiger partial charge in [-0.25, -0.2) is 14.2 Å². The van der Waals surface area contributed by atoms with Crippen LogP contribution in [-0.2, 0) is 0 Å². The van der Waals surface area contributed by atoms with Gasteiger partial charge in [0.15, 0.2) is 16.1 Å². The van der Waals surface area contributed by atoms with Crippen molar-refractivity contribution < 1.29 is 19.0 Å². The van der Waals surface area contributed by atoms with Gasteiger partial charge in [0.2, 0.25) is 5.88 Å². The smallest absolute Gasteiger partial charge is 0.407 e. The molecule has 3 rings (SSSR count). The lowest BCUT2D eigenvalue weighted by Gasteiger charge is -2.40. The number of ether oxygens (including phenoxy) is 1. The van der Waals surface area contributed by atoms with Crippen molar-refractivity contribution in [1.82, 2.24) is 25.2 Å². The van der Waals surface area contributed by atoms with Gasteiger partial charge in [0, 0.05) is 13.1 Å². The number of carboxylic acid groups (broad SMARTS) is 1. The Kier molecular flexibility index (Phi) is 5.96. The molecular weight excluding hydrogens is 413 g/mol. The Morgan fingerprint density at radius 2 is 2.21 bits per heavy atom. The summed E-state index contributed by atoms with van der Waals surface area (Å²) in [6.07, 6.45) is 0.0769. The number of fused-ring (bicyclic) bond motifs is 1. The molecule has 152 valence electrons. The molecule has 0 bridgehead atoms. The summed E-state index contributed by atoms with van der Waals surface area (Å²) in [5.41, 5.74) is -0.830. The normalized spacial score (nSPS) is 21.0. The highest BCUT2D eigenvalue weighted by atomic mass is 35.5. The molecule has 3 unspecified atom stereocenters. The van der Waals surface area contributed by atoms with Crippen molar-refractivity contribution in [3.63, 3.8) is 0 Å². The van der Waals surface area contributed by atoms with Gasteiger partial charge in [-0.3, -0.25) is 4.79 Å². The van der Waals surface area contributed by atoms with Gasteiger partial charge in [0.1, 0.15) is 17.0 Å². The third kappa shape index (κ3) is 3.74. The van der Waals surface area contributed by atoms with Gasteiger partial charge in [0.05, 0.1) is 12.1 Å². The first kappa shape index (κ1) is 20.6. The predicted octanol–water partition coefficient (Wildman–Crippen LogP) is 1.94. The Hall–Kier alpha value is -2.11. The Morgan fingerprint density at radius 3 is 2.86 bits per heavy atom. The largest absolute Gasteiger partial charge is 0.472 e. The van der Waals surface area contributed by atoms with Crippen LogP contribution in [-0.4, -0.2) is 68.6 Å². The van der Waals surface area contributed by atoms with E-state index in [1.54, 1.807) is 20.1 Å². The Labute approximate surface area is 168 Å². The molecule has 0 spiro atoms. The molecule has 0 aromatic carbocycles. The van der Waals surface area contributed by atoms with Crippen LogP contribution in [0.3, 0.4) is 0 Å². The highest BCUT2D eigenvalue weighted by molar-refractivity contribution is 7.98. The van der Waals surface area contributed by atoms with Crippen molar-refractivity contribution in [3.05, 3.63) is 21.3 Å². The second-order valence-corrected chi connectivity index (χ2v) is 7.49. The molecule has 0 saturated carbocycles. The summed E-state index contributed by atoms with van der Waals surface area (Å²) in [6, 6.07) is -0.758. The summed E-state index contributed by atoms with van der Waals surface area (Å²) in [5, 5.41) is 12.2. The number of nitrogens with zero attached hydrogens (tertiary/aromatic N) is 3. The van der Waals surface area contributed by atoms with Crippen molar-refractivity contribution in [1.29, 1.82) is 0 Å². The predicted molar refractivity (Wildman–Crippen MR) is 103 cm³/mol. The van der Waals surface area contributed by atoms with E-state index in [9.17, 15) is 19.1 Å². The quantitative estimate of drug-likeness (QED) is 0.381. The molecule has 1 amide bonds. The Morgan fingerprint density at radius 1 is 1.50 bits per heavy atom. The van der Waals surface area contributed by atoms with Crippen LogP contribution in [0.15, 0.2) is 9.95 Å². The molecule has 2 aromatic heterocycles. The zero-order valence-corrected chi connectivity index (χ0v) is 16.9. The number of amides is 1. The van der Waals surface area contributed by atoms with E-state index in [0.717, 1.165) is 11.8 Å². The molecular formula is C16H19ClFN5O4S. The molecule has 12 heteroatoms. The lowest BCUT2D eigenvalue weighted by Crippen LogP contribution is -2.62. The number of rotatable bonds is 4. The Balaban J connectivity index is 1.99. The molecule has 9 nitrogen and oxygen atoms in total. The van der Waals surface area contributed by atoms with E-state index in [1.165, 1.54) is 4.90 Å². The number of aromatic amines is 1. The number of thioether (sulfide) groups is 1. The van der Waals surface area contributed by atoms with Crippen molar-refractivity contribution in [3.8, 4) is 5.88 Å². The van der Waals surface area contributed by atoms with Gasteiger partial charge < -0.3 is 25.0 Å². The highest BCUT2D eigenvalue weighted by Gasteiger charge is 2.35. The van der Waals surface area contributed by atoms with Crippen LogP contribution >= 0.6 is 23.4 Å². The molecule has 28 heavy (non-hydrogen) atoms. The minimum Gasteiger partial charge on any atom is -0.472 e. The minimum atomic E-state index is -1.02. The number of halogens is 2. The minimum absolute atomic E-state index is 0.148. The van der Waals surface area contributed by atoms with E-state index < -0.39 is 28.7 Å². The first-order valence-electron chi connectivity index (χ1n) is 8.47. The van der Waals surface area contributed by atoms with E-state index in [1.807, 2.05) is 0 Å². The maximum Gasteiger partial charge on any atom is 0.407 e. The first-order valence-corrected chi connectivity index (χ1v) is 10.1. The van der Waals surface area contributed by atoms with E-state index in [0.29, 0.717) is 13.1 Å². The topological polar surface area (TPSA) is 120 Å². The third-order valence-electron chi connectivity index (χ3n) is 4.69. The number of H-pyrrole nitrogens is 1. The maximum atomic E-state index is 14.4. The van der Waals surface area contributed by atoms with Gasteiger partial charge in [-0.2, -0.15) is 4.98 Å². The number of aromatic nitrogens is 3. The van der Waals surface area contributed by atoms with E-state index in [4.69, 9.17) is 16.3 Å². The second kappa shape index (κ2) is 8.10. The fourth-order valence-electron chi connectivity index (χ4n) is 3.28. The molecule has 1 aliphatic rings. The number of piperazine rings is 1. The first-order chi connectivity index (χ1) is 13.2. The van der Waals surface area contributed by atoms with Gasteiger partial charge in [-0.15, -0.1) is 0 Å². The van der Waals surface area contributed by atoms with Crippen LogP contribution in [0.25, 0.3) is 10.9 Å². The summed E-state index contributed by atoms with van der Waals surface area (Å²) in [7, 11) is 0. The van der Waals surface area contributed by atoms with Gasteiger partial charge >= 0.3 is 6.09 Å². The third-order valence-corrected chi connectivity index (χ3v) is 5.52. The number of pyridine rings is 1. The highest BCUT2D eigenvalue weighted by Crippen LogP contribution is 2.29. The average Bonchev–Trinajstić information content (AvgIpc) is 2.65. The van der Waals surface area contributed by atoms with E-state index in [2.05, 4.69) is 20.3 Å².